The third-order valence-electron chi connectivity index (χ3n) is 3.67. The number of hydrogen-bond donors (Lipinski definition) is 1. The van der Waals surface area contributed by atoms with Crippen molar-refractivity contribution in [1.29, 1.82) is 0 Å². The summed E-state index contributed by atoms with van der Waals surface area (Å²) in [6.45, 7) is 3.66. The van der Waals surface area contributed by atoms with Crippen molar-refractivity contribution in [1.82, 2.24) is 10.2 Å². The molecule has 0 atom stereocenters. The quantitative estimate of drug-likeness (QED) is 0.794. The van der Waals surface area contributed by atoms with Crippen LogP contribution in [0.15, 0.2) is 18.2 Å². The molecule has 21 heavy (non-hydrogen) atoms. The lowest BCUT2D eigenvalue weighted by Crippen LogP contribution is -2.33. The molecule has 0 bridgehead atoms. The predicted octanol–water partition coefficient (Wildman–Crippen LogP) is 1.80. The summed E-state index contributed by atoms with van der Waals surface area (Å²) < 4.78 is 11.1. The second-order valence-corrected chi connectivity index (χ2v) is 5.25. The second kappa shape index (κ2) is 7.31. The minimum Gasteiger partial charge on any atom is -0.493 e. The Labute approximate surface area is 126 Å². The van der Waals surface area contributed by atoms with Gasteiger partial charge in [0.2, 0.25) is 0 Å². The fraction of sp³-hybridized carbons (Fsp3) is 0.562. The number of ether oxygens (including phenoxy) is 2. The van der Waals surface area contributed by atoms with E-state index >= 15 is 0 Å². The van der Waals surface area contributed by atoms with E-state index in [4.69, 9.17) is 9.47 Å². The minimum atomic E-state index is 0.0119. The first-order valence-corrected chi connectivity index (χ1v) is 7.42. The standard InChI is InChI=1S/C16H24N2O3/c1-4-17-10-12-6-5-7-14(20-3)16(12)21-11-15(19)18(2)13-8-9-13/h5-7,13,17H,4,8-11H2,1-3H3. The lowest BCUT2D eigenvalue weighted by molar-refractivity contribution is -0.132. The van der Waals surface area contributed by atoms with E-state index in [2.05, 4.69) is 12.2 Å². The van der Waals surface area contributed by atoms with Gasteiger partial charge in [-0.15, -0.1) is 0 Å². The summed E-state index contributed by atoms with van der Waals surface area (Å²) in [6, 6.07) is 6.16. The number of amides is 1. The van der Waals surface area contributed by atoms with Crippen LogP contribution in [0.5, 0.6) is 11.5 Å². The van der Waals surface area contributed by atoms with Crippen molar-refractivity contribution in [2.45, 2.75) is 32.4 Å². The number of carbonyl (C=O) groups excluding carboxylic acids is 1. The Kier molecular flexibility index (Phi) is 5.44. The molecule has 5 heteroatoms. The number of nitrogens with zero attached hydrogens (tertiary/aromatic N) is 1. The van der Waals surface area contributed by atoms with Crippen LogP contribution in [0.2, 0.25) is 0 Å². The molecule has 0 aromatic heterocycles. The third-order valence-corrected chi connectivity index (χ3v) is 3.67. The van der Waals surface area contributed by atoms with Gasteiger partial charge in [0.25, 0.3) is 5.91 Å². The lowest BCUT2D eigenvalue weighted by Gasteiger charge is -2.19. The summed E-state index contributed by atoms with van der Waals surface area (Å²) in [4.78, 5) is 13.8. The fourth-order valence-electron chi connectivity index (χ4n) is 2.19. The van der Waals surface area contributed by atoms with E-state index in [0.29, 0.717) is 24.1 Å². The molecule has 1 saturated carbocycles. The van der Waals surface area contributed by atoms with E-state index < -0.39 is 0 Å². The van der Waals surface area contributed by atoms with E-state index in [1.54, 1.807) is 12.0 Å². The van der Waals surface area contributed by atoms with Crippen LogP contribution in [0, 0.1) is 0 Å². The van der Waals surface area contributed by atoms with Gasteiger partial charge in [-0.25, -0.2) is 0 Å². The zero-order valence-electron chi connectivity index (χ0n) is 13.0. The van der Waals surface area contributed by atoms with E-state index in [9.17, 15) is 4.79 Å². The van der Waals surface area contributed by atoms with Crippen LogP contribution in [0.25, 0.3) is 0 Å². The van der Waals surface area contributed by atoms with Gasteiger partial charge in [0.1, 0.15) is 0 Å². The van der Waals surface area contributed by atoms with Crippen LogP contribution in [0.1, 0.15) is 25.3 Å². The molecule has 1 fully saturated rings. The largest absolute Gasteiger partial charge is 0.493 e. The molecule has 2 rings (SSSR count). The van der Waals surface area contributed by atoms with Gasteiger partial charge in [0, 0.05) is 25.2 Å². The van der Waals surface area contributed by atoms with Crippen molar-refractivity contribution < 1.29 is 14.3 Å². The Morgan fingerprint density at radius 2 is 2.19 bits per heavy atom. The third kappa shape index (κ3) is 4.11. The van der Waals surface area contributed by atoms with Crippen LogP contribution in [0.3, 0.4) is 0 Å². The van der Waals surface area contributed by atoms with Crippen LogP contribution in [-0.2, 0) is 11.3 Å². The normalized spacial score (nSPS) is 13.9. The number of para-hydroxylation sites is 1. The Bertz CT molecular complexity index is 486. The van der Waals surface area contributed by atoms with Crippen molar-refractivity contribution in [3.05, 3.63) is 23.8 Å². The molecule has 1 aliphatic rings. The molecule has 0 aliphatic heterocycles. The highest BCUT2D eigenvalue weighted by molar-refractivity contribution is 5.78. The molecule has 0 unspecified atom stereocenters. The number of methoxy groups -OCH3 is 1. The molecule has 1 N–H and O–H groups in total. The molecule has 0 saturated heterocycles. The van der Waals surface area contributed by atoms with Crippen molar-refractivity contribution in [2.24, 2.45) is 0 Å². The maximum absolute atomic E-state index is 12.1. The van der Waals surface area contributed by atoms with Crippen molar-refractivity contribution in [2.75, 3.05) is 27.3 Å². The smallest absolute Gasteiger partial charge is 0.260 e. The van der Waals surface area contributed by atoms with Gasteiger partial charge >= 0.3 is 0 Å². The molecule has 1 aliphatic carbocycles. The fourth-order valence-corrected chi connectivity index (χ4v) is 2.19. The minimum absolute atomic E-state index is 0.0119. The second-order valence-electron chi connectivity index (χ2n) is 5.25. The molecule has 0 heterocycles. The molecule has 5 nitrogen and oxygen atoms in total. The van der Waals surface area contributed by atoms with Crippen LogP contribution in [-0.4, -0.2) is 44.2 Å². The highest BCUT2D eigenvalue weighted by atomic mass is 16.5. The number of rotatable bonds is 8. The summed E-state index contributed by atoms with van der Waals surface area (Å²) in [5.74, 6) is 1.32. The van der Waals surface area contributed by atoms with E-state index in [-0.39, 0.29) is 12.5 Å². The van der Waals surface area contributed by atoms with Gasteiger partial charge in [0.15, 0.2) is 18.1 Å². The Balaban J connectivity index is 2.03. The lowest BCUT2D eigenvalue weighted by atomic mass is 10.2. The summed E-state index contributed by atoms with van der Waals surface area (Å²) >= 11 is 0. The molecule has 1 aromatic rings. The summed E-state index contributed by atoms with van der Waals surface area (Å²) in [6.07, 6.45) is 2.20. The van der Waals surface area contributed by atoms with Crippen molar-refractivity contribution >= 4 is 5.91 Å². The molecule has 0 radical (unpaired) electrons. The van der Waals surface area contributed by atoms with Crippen molar-refractivity contribution in [3.63, 3.8) is 0 Å². The number of carbonyl (C=O) groups is 1. The highest BCUT2D eigenvalue weighted by Crippen LogP contribution is 2.31. The van der Waals surface area contributed by atoms with Gasteiger partial charge in [-0.05, 0) is 25.5 Å². The molecule has 1 aromatic carbocycles. The summed E-state index contributed by atoms with van der Waals surface area (Å²) in [7, 11) is 3.45. The maximum Gasteiger partial charge on any atom is 0.260 e. The van der Waals surface area contributed by atoms with Gasteiger partial charge in [0.05, 0.1) is 7.11 Å². The zero-order valence-corrected chi connectivity index (χ0v) is 13.0. The zero-order chi connectivity index (χ0) is 15.2. The molecule has 0 spiro atoms. The van der Waals surface area contributed by atoms with E-state index in [0.717, 1.165) is 24.9 Å². The van der Waals surface area contributed by atoms with Gasteiger partial charge < -0.3 is 19.7 Å². The Morgan fingerprint density at radius 1 is 1.43 bits per heavy atom. The monoisotopic (exact) mass is 292 g/mol. The SMILES string of the molecule is CCNCc1cccc(OC)c1OCC(=O)N(C)C1CC1. The average Bonchev–Trinajstić information content (AvgIpc) is 3.34. The van der Waals surface area contributed by atoms with Gasteiger partial charge in [-0.1, -0.05) is 19.1 Å². The Morgan fingerprint density at radius 3 is 2.81 bits per heavy atom. The molecular weight excluding hydrogens is 268 g/mol. The first kappa shape index (κ1) is 15.6. The number of benzene rings is 1. The first-order valence-electron chi connectivity index (χ1n) is 7.42. The van der Waals surface area contributed by atoms with Crippen LogP contribution in [0.4, 0.5) is 0 Å². The number of likely N-dealkylation sites (N-methyl/N-ethyl adjacent to an activating group) is 1. The van der Waals surface area contributed by atoms with Crippen LogP contribution < -0.4 is 14.8 Å². The van der Waals surface area contributed by atoms with Gasteiger partial charge in [-0.2, -0.15) is 0 Å². The molecule has 1 amide bonds. The number of nitrogens with one attached hydrogen (secondary N) is 1. The molecule has 116 valence electrons. The van der Waals surface area contributed by atoms with Crippen LogP contribution >= 0.6 is 0 Å². The first-order chi connectivity index (χ1) is 10.2. The summed E-state index contributed by atoms with van der Waals surface area (Å²) in [5.41, 5.74) is 0.998. The van der Waals surface area contributed by atoms with Gasteiger partial charge in [-0.3, -0.25) is 4.79 Å². The van der Waals surface area contributed by atoms with E-state index in [1.165, 1.54) is 0 Å². The molecular formula is C16H24N2O3. The average molecular weight is 292 g/mol. The topological polar surface area (TPSA) is 50.8 Å². The maximum atomic E-state index is 12.1. The number of hydrogen-bond acceptors (Lipinski definition) is 4. The van der Waals surface area contributed by atoms with Crippen molar-refractivity contribution in [3.8, 4) is 11.5 Å². The van der Waals surface area contributed by atoms with E-state index in [1.807, 2.05) is 25.2 Å². The summed E-state index contributed by atoms with van der Waals surface area (Å²) in [5, 5.41) is 3.26. The Hall–Kier alpha value is -1.75. The predicted molar refractivity (Wildman–Crippen MR) is 81.7 cm³/mol. The highest BCUT2D eigenvalue weighted by Gasteiger charge is 2.29.